The number of nitrogens with one attached hydrogen (secondary N) is 1. The van der Waals surface area contributed by atoms with Crippen molar-refractivity contribution >= 4 is 30.3 Å². The number of para-hydroxylation sites is 1. The summed E-state index contributed by atoms with van der Waals surface area (Å²) < 4.78 is 5.37. The minimum Gasteiger partial charge on any atom is -0.444 e. The number of thiol groups is 1. The van der Waals surface area contributed by atoms with Gasteiger partial charge in [0.1, 0.15) is 11.6 Å². The molecule has 6 heteroatoms. The van der Waals surface area contributed by atoms with Crippen molar-refractivity contribution in [3.05, 3.63) is 30.3 Å². The molecule has 2 amide bonds. The number of carbonyl (C=O) groups is 2. The second-order valence-electron chi connectivity index (χ2n) is 6.39. The molecule has 1 aliphatic heterocycles. The lowest BCUT2D eigenvalue weighted by molar-refractivity contribution is -0.120. The number of amides is 2. The predicted molar refractivity (Wildman–Crippen MR) is 89.2 cm³/mol. The van der Waals surface area contributed by atoms with E-state index < -0.39 is 17.7 Å². The van der Waals surface area contributed by atoms with Gasteiger partial charge in [-0.2, -0.15) is 12.6 Å². The SMILES string of the molecule is CC(C)(C)OC(=O)N1C[C@@H](S)C[C@H]1C(=O)Nc1ccccc1. The van der Waals surface area contributed by atoms with Crippen molar-refractivity contribution < 1.29 is 14.3 Å². The second-order valence-corrected chi connectivity index (χ2v) is 7.12. The van der Waals surface area contributed by atoms with Crippen molar-refractivity contribution in [1.29, 1.82) is 0 Å². The van der Waals surface area contributed by atoms with Crippen LogP contribution in [-0.2, 0) is 9.53 Å². The molecule has 2 rings (SSSR count). The van der Waals surface area contributed by atoms with Gasteiger partial charge >= 0.3 is 6.09 Å². The van der Waals surface area contributed by atoms with Crippen LogP contribution in [0.3, 0.4) is 0 Å². The van der Waals surface area contributed by atoms with Gasteiger partial charge in [-0.3, -0.25) is 9.69 Å². The molecule has 22 heavy (non-hydrogen) atoms. The molecule has 120 valence electrons. The summed E-state index contributed by atoms with van der Waals surface area (Å²) in [7, 11) is 0. The topological polar surface area (TPSA) is 58.6 Å². The molecule has 1 saturated heterocycles. The molecular formula is C16H22N2O3S. The van der Waals surface area contributed by atoms with Crippen LogP contribution in [0, 0.1) is 0 Å². The minimum absolute atomic E-state index is 0.0287. The predicted octanol–water partition coefficient (Wildman–Crippen LogP) is 2.93. The van der Waals surface area contributed by atoms with Crippen molar-refractivity contribution in [3.8, 4) is 0 Å². The van der Waals surface area contributed by atoms with Gasteiger partial charge in [-0.15, -0.1) is 0 Å². The Kier molecular flexibility index (Phi) is 5.01. The quantitative estimate of drug-likeness (QED) is 0.823. The first kappa shape index (κ1) is 16.7. The van der Waals surface area contributed by atoms with Crippen molar-refractivity contribution in [3.63, 3.8) is 0 Å². The van der Waals surface area contributed by atoms with Crippen LogP contribution in [0.15, 0.2) is 30.3 Å². The van der Waals surface area contributed by atoms with E-state index in [0.29, 0.717) is 18.7 Å². The first-order valence-corrected chi connectivity index (χ1v) is 7.81. The van der Waals surface area contributed by atoms with E-state index in [4.69, 9.17) is 4.74 Å². The zero-order chi connectivity index (χ0) is 16.3. The van der Waals surface area contributed by atoms with Crippen LogP contribution in [0.25, 0.3) is 0 Å². The van der Waals surface area contributed by atoms with Crippen LogP contribution < -0.4 is 5.32 Å². The number of rotatable bonds is 2. The van der Waals surface area contributed by atoms with E-state index in [1.165, 1.54) is 4.90 Å². The summed E-state index contributed by atoms with van der Waals surface area (Å²) in [4.78, 5) is 26.2. The molecule has 1 aliphatic rings. The van der Waals surface area contributed by atoms with Gasteiger partial charge in [0, 0.05) is 17.5 Å². The molecule has 0 aliphatic carbocycles. The largest absolute Gasteiger partial charge is 0.444 e. The van der Waals surface area contributed by atoms with E-state index in [2.05, 4.69) is 17.9 Å². The molecule has 0 unspecified atom stereocenters. The van der Waals surface area contributed by atoms with E-state index in [-0.39, 0.29) is 11.2 Å². The van der Waals surface area contributed by atoms with E-state index in [1.807, 2.05) is 30.3 Å². The third-order valence-electron chi connectivity index (χ3n) is 3.25. The Morgan fingerprint density at radius 2 is 1.91 bits per heavy atom. The fourth-order valence-corrected chi connectivity index (χ4v) is 2.71. The van der Waals surface area contributed by atoms with E-state index in [1.54, 1.807) is 20.8 Å². The number of anilines is 1. The highest BCUT2D eigenvalue weighted by Gasteiger charge is 2.40. The lowest BCUT2D eigenvalue weighted by Crippen LogP contribution is -2.45. The number of benzene rings is 1. The number of hydrogen-bond donors (Lipinski definition) is 2. The smallest absolute Gasteiger partial charge is 0.411 e. The molecule has 1 fully saturated rings. The Labute approximate surface area is 136 Å². The van der Waals surface area contributed by atoms with Gasteiger partial charge in [0.15, 0.2) is 0 Å². The highest BCUT2D eigenvalue weighted by atomic mass is 32.1. The van der Waals surface area contributed by atoms with Crippen molar-refractivity contribution in [2.24, 2.45) is 0 Å². The normalized spacial score (nSPS) is 21.5. The third kappa shape index (κ3) is 4.40. The van der Waals surface area contributed by atoms with Gasteiger partial charge in [-0.1, -0.05) is 18.2 Å². The zero-order valence-corrected chi connectivity index (χ0v) is 14.0. The molecule has 1 N–H and O–H groups in total. The Morgan fingerprint density at radius 3 is 2.50 bits per heavy atom. The molecule has 1 aromatic carbocycles. The van der Waals surface area contributed by atoms with Crippen LogP contribution in [0.4, 0.5) is 10.5 Å². The summed E-state index contributed by atoms with van der Waals surface area (Å²) in [6, 6.07) is 8.63. The number of carbonyl (C=O) groups excluding carboxylic acids is 2. The van der Waals surface area contributed by atoms with Gasteiger partial charge in [-0.05, 0) is 39.3 Å². The molecule has 0 aromatic heterocycles. The first-order valence-electron chi connectivity index (χ1n) is 7.30. The average molecular weight is 322 g/mol. The Bertz CT molecular complexity index is 542. The molecule has 0 radical (unpaired) electrons. The number of nitrogens with zero attached hydrogens (tertiary/aromatic N) is 1. The molecule has 2 atom stereocenters. The Morgan fingerprint density at radius 1 is 1.27 bits per heavy atom. The maximum absolute atomic E-state index is 12.4. The lowest BCUT2D eigenvalue weighted by Gasteiger charge is -2.28. The van der Waals surface area contributed by atoms with Gasteiger partial charge in [0.05, 0.1) is 0 Å². The summed E-state index contributed by atoms with van der Waals surface area (Å²) in [5.74, 6) is -0.214. The Balaban J connectivity index is 2.07. The molecule has 1 heterocycles. The van der Waals surface area contributed by atoms with Crippen LogP contribution in [0.5, 0.6) is 0 Å². The van der Waals surface area contributed by atoms with E-state index >= 15 is 0 Å². The van der Waals surface area contributed by atoms with Gasteiger partial charge in [0.25, 0.3) is 0 Å². The van der Waals surface area contributed by atoms with Crippen molar-refractivity contribution in [2.45, 2.75) is 44.1 Å². The fourth-order valence-electron chi connectivity index (χ4n) is 2.33. The number of ether oxygens (including phenoxy) is 1. The monoisotopic (exact) mass is 322 g/mol. The minimum atomic E-state index is -0.591. The Hall–Kier alpha value is -1.69. The standard InChI is InChI=1S/C16H22N2O3S/c1-16(2,3)21-15(20)18-10-12(22)9-13(18)14(19)17-11-7-5-4-6-8-11/h4-8,12-13,22H,9-10H2,1-3H3,(H,17,19)/t12-,13-/m0/s1. The highest BCUT2D eigenvalue weighted by molar-refractivity contribution is 7.81. The molecular weight excluding hydrogens is 300 g/mol. The first-order chi connectivity index (χ1) is 10.3. The van der Waals surface area contributed by atoms with Crippen molar-refractivity contribution in [1.82, 2.24) is 4.90 Å². The van der Waals surface area contributed by atoms with E-state index in [0.717, 1.165) is 0 Å². The zero-order valence-electron chi connectivity index (χ0n) is 13.1. The summed E-state index contributed by atoms with van der Waals surface area (Å²) >= 11 is 4.41. The van der Waals surface area contributed by atoms with Crippen LogP contribution in [0.2, 0.25) is 0 Å². The fraction of sp³-hybridized carbons (Fsp3) is 0.500. The van der Waals surface area contributed by atoms with Crippen LogP contribution in [0.1, 0.15) is 27.2 Å². The summed E-state index contributed by atoms with van der Waals surface area (Å²) in [5.41, 5.74) is 0.117. The van der Waals surface area contributed by atoms with Crippen LogP contribution >= 0.6 is 12.6 Å². The second kappa shape index (κ2) is 6.60. The van der Waals surface area contributed by atoms with Gasteiger partial charge in [-0.25, -0.2) is 4.79 Å². The number of likely N-dealkylation sites (tertiary alicyclic amines) is 1. The molecule has 1 aromatic rings. The molecule has 0 bridgehead atoms. The third-order valence-corrected chi connectivity index (χ3v) is 3.63. The highest BCUT2D eigenvalue weighted by Crippen LogP contribution is 2.25. The molecule has 0 saturated carbocycles. The summed E-state index contributed by atoms with van der Waals surface area (Å²) in [6.07, 6.45) is 0.0401. The van der Waals surface area contributed by atoms with Gasteiger partial charge in [0.2, 0.25) is 5.91 Å². The summed E-state index contributed by atoms with van der Waals surface area (Å²) in [5, 5.41) is 2.80. The molecule has 0 spiro atoms. The van der Waals surface area contributed by atoms with Gasteiger partial charge < -0.3 is 10.1 Å². The van der Waals surface area contributed by atoms with Crippen molar-refractivity contribution in [2.75, 3.05) is 11.9 Å². The van der Waals surface area contributed by atoms with Crippen LogP contribution in [-0.4, -0.2) is 40.3 Å². The lowest BCUT2D eigenvalue weighted by atomic mass is 10.2. The maximum Gasteiger partial charge on any atom is 0.411 e. The average Bonchev–Trinajstić information content (AvgIpc) is 2.80. The number of hydrogen-bond acceptors (Lipinski definition) is 4. The van der Waals surface area contributed by atoms with E-state index in [9.17, 15) is 9.59 Å². The maximum atomic E-state index is 12.4. The summed E-state index contributed by atoms with van der Waals surface area (Å²) in [6.45, 7) is 5.82. The molecule has 5 nitrogen and oxygen atoms in total.